The van der Waals surface area contributed by atoms with Crippen LogP contribution in [0, 0.1) is 6.92 Å². The maximum absolute atomic E-state index is 5.83. The predicted octanol–water partition coefficient (Wildman–Crippen LogP) is 4.52. The van der Waals surface area contributed by atoms with E-state index in [-0.39, 0.29) is 0 Å². The first kappa shape index (κ1) is 13.4. The zero-order valence-electron chi connectivity index (χ0n) is 11.0. The van der Waals surface area contributed by atoms with Gasteiger partial charge >= 0.3 is 0 Å². The first-order chi connectivity index (χ1) is 8.56. The van der Waals surface area contributed by atoms with Crippen LogP contribution in [0.5, 0.6) is 0 Å². The molecule has 0 saturated heterocycles. The molecule has 0 aliphatic heterocycles. The van der Waals surface area contributed by atoms with E-state index < -0.39 is 0 Å². The Morgan fingerprint density at radius 3 is 2.67 bits per heavy atom. The molecule has 3 heteroatoms. The van der Waals surface area contributed by atoms with Gasteiger partial charge in [0.15, 0.2) is 0 Å². The van der Waals surface area contributed by atoms with Crippen molar-refractivity contribution in [1.29, 1.82) is 0 Å². The van der Waals surface area contributed by atoms with Crippen LogP contribution in [0.25, 0.3) is 11.3 Å². The van der Waals surface area contributed by atoms with Crippen molar-refractivity contribution in [1.82, 2.24) is 5.32 Å². The number of halogens is 1. The van der Waals surface area contributed by atoms with Crippen LogP contribution in [0.3, 0.4) is 0 Å². The van der Waals surface area contributed by atoms with Crippen LogP contribution in [0.15, 0.2) is 39.2 Å². The van der Waals surface area contributed by atoms with Crippen LogP contribution < -0.4 is 5.32 Å². The lowest BCUT2D eigenvalue weighted by Gasteiger charge is -2.05. The molecule has 1 heterocycles. The van der Waals surface area contributed by atoms with Crippen LogP contribution in [0.4, 0.5) is 0 Å². The lowest BCUT2D eigenvalue weighted by Crippen LogP contribution is -2.21. The average molecular weight is 308 g/mol. The molecule has 0 spiro atoms. The highest BCUT2D eigenvalue weighted by Gasteiger charge is 2.06. The fourth-order valence-electron chi connectivity index (χ4n) is 1.68. The normalized spacial score (nSPS) is 11.2. The smallest absolute Gasteiger partial charge is 0.134 e. The topological polar surface area (TPSA) is 25.2 Å². The molecule has 2 aromatic rings. The summed E-state index contributed by atoms with van der Waals surface area (Å²) in [5, 5.41) is 3.34. The van der Waals surface area contributed by atoms with Crippen LogP contribution in [-0.2, 0) is 6.54 Å². The van der Waals surface area contributed by atoms with Gasteiger partial charge in [0.05, 0.1) is 6.54 Å². The van der Waals surface area contributed by atoms with Crippen LogP contribution in [0.2, 0.25) is 0 Å². The molecule has 18 heavy (non-hydrogen) atoms. The molecule has 1 aromatic carbocycles. The fourth-order valence-corrected chi connectivity index (χ4v) is 2.06. The molecule has 0 bridgehead atoms. The SMILES string of the molecule is Cc1ccc(-c2ccc(CNC(C)C)o2)cc1Br. The molecule has 2 rings (SSSR count). The van der Waals surface area contributed by atoms with Gasteiger partial charge in [-0.25, -0.2) is 0 Å². The van der Waals surface area contributed by atoms with Gasteiger partial charge in [-0.05, 0) is 30.7 Å². The first-order valence-electron chi connectivity index (χ1n) is 6.15. The van der Waals surface area contributed by atoms with E-state index in [0.717, 1.165) is 28.1 Å². The predicted molar refractivity (Wildman–Crippen MR) is 78.6 cm³/mol. The molecule has 0 saturated carbocycles. The fraction of sp³-hybridized carbons (Fsp3) is 0.333. The third kappa shape index (κ3) is 3.24. The van der Waals surface area contributed by atoms with Crippen LogP contribution >= 0.6 is 15.9 Å². The molecular formula is C15H18BrNO. The summed E-state index contributed by atoms with van der Waals surface area (Å²) in [5.74, 6) is 1.88. The van der Waals surface area contributed by atoms with Gasteiger partial charge in [-0.2, -0.15) is 0 Å². The Morgan fingerprint density at radius 1 is 1.22 bits per heavy atom. The molecule has 0 aliphatic carbocycles. The van der Waals surface area contributed by atoms with E-state index in [1.54, 1.807) is 0 Å². The molecule has 96 valence electrons. The van der Waals surface area contributed by atoms with E-state index in [1.165, 1.54) is 5.56 Å². The summed E-state index contributed by atoms with van der Waals surface area (Å²) >= 11 is 3.55. The second-order valence-electron chi connectivity index (χ2n) is 4.77. The minimum absolute atomic E-state index is 0.465. The van der Waals surface area contributed by atoms with Crippen LogP contribution in [-0.4, -0.2) is 6.04 Å². The summed E-state index contributed by atoms with van der Waals surface area (Å²) in [4.78, 5) is 0. The second-order valence-corrected chi connectivity index (χ2v) is 5.62. The maximum Gasteiger partial charge on any atom is 0.134 e. The number of nitrogens with one attached hydrogen (secondary N) is 1. The van der Waals surface area contributed by atoms with Crippen molar-refractivity contribution in [3.8, 4) is 11.3 Å². The van der Waals surface area contributed by atoms with Gasteiger partial charge < -0.3 is 9.73 Å². The molecule has 2 nitrogen and oxygen atoms in total. The third-order valence-electron chi connectivity index (χ3n) is 2.80. The van der Waals surface area contributed by atoms with Crippen molar-refractivity contribution in [3.63, 3.8) is 0 Å². The van der Waals surface area contributed by atoms with Crippen molar-refractivity contribution in [2.45, 2.75) is 33.4 Å². The summed E-state index contributed by atoms with van der Waals surface area (Å²) in [6.45, 7) is 7.10. The Balaban J connectivity index is 2.16. The first-order valence-corrected chi connectivity index (χ1v) is 6.94. The Hall–Kier alpha value is -1.06. The Labute approximate surface area is 117 Å². The third-order valence-corrected chi connectivity index (χ3v) is 3.66. The molecule has 0 radical (unpaired) electrons. The van der Waals surface area contributed by atoms with Gasteiger partial charge in [0.2, 0.25) is 0 Å². The molecule has 1 aromatic heterocycles. The zero-order chi connectivity index (χ0) is 13.1. The molecule has 0 fully saturated rings. The van der Waals surface area contributed by atoms with E-state index in [0.29, 0.717) is 6.04 Å². The molecule has 0 amide bonds. The van der Waals surface area contributed by atoms with E-state index in [4.69, 9.17) is 4.42 Å². The Bertz CT molecular complexity index is 531. The highest BCUT2D eigenvalue weighted by Crippen LogP contribution is 2.27. The van der Waals surface area contributed by atoms with Crippen molar-refractivity contribution in [3.05, 3.63) is 46.1 Å². The van der Waals surface area contributed by atoms with E-state index in [1.807, 2.05) is 12.1 Å². The van der Waals surface area contributed by atoms with Gasteiger partial charge in [0.1, 0.15) is 11.5 Å². The second kappa shape index (κ2) is 5.72. The Kier molecular flexibility index (Phi) is 4.25. The number of furan rings is 1. The van der Waals surface area contributed by atoms with Crippen LogP contribution in [0.1, 0.15) is 25.2 Å². The van der Waals surface area contributed by atoms with Gasteiger partial charge in [-0.3, -0.25) is 0 Å². The van der Waals surface area contributed by atoms with Crippen molar-refractivity contribution < 1.29 is 4.42 Å². The van der Waals surface area contributed by atoms with Gasteiger partial charge in [-0.15, -0.1) is 0 Å². The maximum atomic E-state index is 5.83. The van der Waals surface area contributed by atoms with Gasteiger partial charge in [0, 0.05) is 16.1 Å². The van der Waals surface area contributed by atoms with E-state index in [2.05, 4.69) is 60.2 Å². The standard InChI is InChI=1S/C15H18BrNO/c1-10(2)17-9-13-6-7-15(18-13)12-5-4-11(3)14(16)8-12/h4-8,10,17H,9H2,1-3H3. The minimum atomic E-state index is 0.465. The number of aryl methyl sites for hydroxylation is 1. The van der Waals surface area contributed by atoms with E-state index in [9.17, 15) is 0 Å². The largest absolute Gasteiger partial charge is 0.460 e. The number of hydrogen-bond acceptors (Lipinski definition) is 2. The van der Waals surface area contributed by atoms with Gasteiger partial charge in [-0.1, -0.05) is 41.9 Å². The molecule has 0 unspecified atom stereocenters. The molecule has 0 aliphatic rings. The summed E-state index contributed by atoms with van der Waals surface area (Å²) in [7, 11) is 0. The summed E-state index contributed by atoms with van der Waals surface area (Å²) in [6.07, 6.45) is 0. The lowest BCUT2D eigenvalue weighted by atomic mass is 10.1. The highest BCUT2D eigenvalue weighted by atomic mass is 79.9. The number of benzene rings is 1. The lowest BCUT2D eigenvalue weighted by molar-refractivity contribution is 0.473. The monoisotopic (exact) mass is 307 g/mol. The number of rotatable bonds is 4. The molecular weight excluding hydrogens is 290 g/mol. The Morgan fingerprint density at radius 2 is 2.00 bits per heavy atom. The van der Waals surface area contributed by atoms with E-state index >= 15 is 0 Å². The zero-order valence-corrected chi connectivity index (χ0v) is 12.5. The van der Waals surface area contributed by atoms with Gasteiger partial charge in [0.25, 0.3) is 0 Å². The minimum Gasteiger partial charge on any atom is -0.460 e. The summed E-state index contributed by atoms with van der Waals surface area (Å²) in [5.41, 5.74) is 2.33. The summed E-state index contributed by atoms with van der Waals surface area (Å²) in [6, 6.07) is 10.8. The molecule has 1 N–H and O–H groups in total. The van der Waals surface area contributed by atoms with Crippen molar-refractivity contribution in [2.24, 2.45) is 0 Å². The highest BCUT2D eigenvalue weighted by molar-refractivity contribution is 9.10. The quantitative estimate of drug-likeness (QED) is 0.898. The van der Waals surface area contributed by atoms with Crippen molar-refractivity contribution in [2.75, 3.05) is 0 Å². The summed E-state index contributed by atoms with van der Waals surface area (Å²) < 4.78 is 6.94. The van der Waals surface area contributed by atoms with Crippen molar-refractivity contribution >= 4 is 15.9 Å². The molecule has 0 atom stereocenters. The number of hydrogen-bond donors (Lipinski definition) is 1. The average Bonchev–Trinajstić information content (AvgIpc) is 2.79.